The summed E-state index contributed by atoms with van der Waals surface area (Å²) in [5.74, 6) is 1.67. The van der Waals surface area contributed by atoms with Gasteiger partial charge in [-0.3, -0.25) is 0 Å². The van der Waals surface area contributed by atoms with E-state index in [1.54, 1.807) is 7.11 Å². The first-order valence-electron chi connectivity index (χ1n) is 6.01. The summed E-state index contributed by atoms with van der Waals surface area (Å²) in [5, 5.41) is 0. The average Bonchev–Trinajstić information content (AvgIpc) is 2.85. The maximum Gasteiger partial charge on any atom is 0.231 e. The Morgan fingerprint density at radius 1 is 1.24 bits per heavy atom. The molecule has 1 aromatic rings. The highest BCUT2D eigenvalue weighted by Crippen LogP contribution is 2.37. The number of rotatable bonds is 2. The fraction of sp³-hybridized carbons (Fsp3) is 0.429. The van der Waals surface area contributed by atoms with Gasteiger partial charge in [-0.2, -0.15) is 0 Å². The predicted molar refractivity (Wildman–Crippen MR) is 65.2 cm³/mol. The molecule has 1 aromatic carbocycles. The summed E-state index contributed by atoms with van der Waals surface area (Å²) in [5.41, 5.74) is 2.46. The largest absolute Gasteiger partial charge is 0.454 e. The van der Waals surface area contributed by atoms with Gasteiger partial charge in [0, 0.05) is 7.11 Å². The van der Waals surface area contributed by atoms with Crippen molar-refractivity contribution in [3.8, 4) is 11.5 Å². The third kappa shape index (κ3) is 1.91. The molecule has 0 N–H and O–H groups in total. The van der Waals surface area contributed by atoms with Crippen molar-refractivity contribution in [2.24, 2.45) is 0 Å². The molecule has 0 saturated carbocycles. The Hall–Kier alpha value is -1.48. The highest BCUT2D eigenvalue weighted by molar-refractivity contribution is 5.71. The van der Waals surface area contributed by atoms with E-state index in [2.05, 4.69) is 12.1 Å². The van der Waals surface area contributed by atoms with Crippen LogP contribution in [0.4, 0.5) is 0 Å². The number of ether oxygens (including phenoxy) is 3. The molecule has 1 heterocycles. The monoisotopic (exact) mass is 232 g/mol. The first-order valence-corrected chi connectivity index (χ1v) is 6.01. The number of methoxy groups -OCH3 is 1. The van der Waals surface area contributed by atoms with Gasteiger partial charge < -0.3 is 14.2 Å². The maximum atomic E-state index is 5.54. The number of benzene rings is 1. The predicted octanol–water partition coefficient (Wildman–Crippen LogP) is 3.00. The molecule has 0 aromatic heterocycles. The minimum Gasteiger partial charge on any atom is -0.454 e. The fourth-order valence-electron chi connectivity index (χ4n) is 2.47. The summed E-state index contributed by atoms with van der Waals surface area (Å²) in [6, 6.07) is 6.10. The van der Waals surface area contributed by atoms with Gasteiger partial charge >= 0.3 is 0 Å². The van der Waals surface area contributed by atoms with Crippen LogP contribution in [0.25, 0.3) is 5.57 Å². The first kappa shape index (κ1) is 10.7. The normalized spacial score (nSPS) is 22.4. The average molecular weight is 232 g/mol. The maximum absolute atomic E-state index is 5.54. The smallest absolute Gasteiger partial charge is 0.231 e. The van der Waals surface area contributed by atoms with Crippen LogP contribution in [0, 0.1) is 0 Å². The van der Waals surface area contributed by atoms with Gasteiger partial charge in [0.15, 0.2) is 11.5 Å². The molecular weight excluding hydrogens is 216 g/mol. The molecule has 0 spiro atoms. The van der Waals surface area contributed by atoms with Crippen LogP contribution in [-0.4, -0.2) is 20.0 Å². The molecule has 3 rings (SSSR count). The van der Waals surface area contributed by atoms with Gasteiger partial charge in [0.05, 0.1) is 6.10 Å². The van der Waals surface area contributed by atoms with Crippen LogP contribution in [0.15, 0.2) is 24.3 Å². The van der Waals surface area contributed by atoms with Crippen LogP contribution < -0.4 is 9.47 Å². The van der Waals surface area contributed by atoms with Crippen molar-refractivity contribution in [2.45, 2.75) is 25.4 Å². The molecule has 0 radical (unpaired) electrons. The summed E-state index contributed by atoms with van der Waals surface area (Å²) >= 11 is 0. The van der Waals surface area contributed by atoms with E-state index in [1.807, 2.05) is 12.1 Å². The molecule has 1 aliphatic heterocycles. The van der Waals surface area contributed by atoms with E-state index in [-0.39, 0.29) is 6.10 Å². The molecule has 2 aliphatic rings. The standard InChI is InChI=1S/C14H16O3/c1-15-12-5-3-2-4-11(12)10-6-7-13-14(8-10)17-9-16-13/h4,6-8,12H,2-3,5,9H2,1H3/t12-/m0/s1. The summed E-state index contributed by atoms with van der Waals surface area (Å²) < 4.78 is 16.3. The summed E-state index contributed by atoms with van der Waals surface area (Å²) in [6.07, 6.45) is 5.91. The van der Waals surface area contributed by atoms with E-state index in [9.17, 15) is 0 Å². The Labute approximate surface area is 101 Å². The van der Waals surface area contributed by atoms with E-state index >= 15 is 0 Å². The number of allylic oxidation sites excluding steroid dienone is 1. The Morgan fingerprint density at radius 2 is 2.12 bits per heavy atom. The zero-order chi connectivity index (χ0) is 11.7. The van der Waals surface area contributed by atoms with Crippen molar-refractivity contribution in [2.75, 3.05) is 13.9 Å². The number of hydrogen-bond acceptors (Lipinski definition) is 3. The topological polar surface area (TPSA) is 27.7 Å². The van der Waals surface area contributed by atoms with E-state index in [4.69, 9.17) is 14.2 Å². The van der Waals surface area contributed by atoms with E-state index < -0.39 is 0 Å². The highest BCUT2D eigenvalue weighted by Gasteiger charge is 2.21. The molecule has 17 heavy (non-hydrogen) atoms. The van der Waals surface area contributed by atoms with Crippen molar-refractivity contribution in [3.05, 3.63) is 29.8 Å². The van der Waals surface area contributed by atoms with E-state index in [1.165, 1.54) is 17.6 Å². The van der Waals surface area contributed by atoms with Gasteiger partial charge in [0.1, 0.15) is 0 Å². The van der Waals surface area contributed by atoms with Crippen molar-refractivity contribution in [3.63, 3.8) is 0 Å². The molecule has 3 heteroatoms. The second-order valence-corrected chi connectivity index (χ2v) is 4.38. The lowest BCUT2D eigenvalue weighted by atomic mass is 9.91. The lowest BCUT2D eigenvalue weighted by Gasteiger charge is -2.23. The van der Waals surface area contributed by atoms with E-state index in [0.29, 0.717) is 6.79 Å². The molecule has 1 atom stereocenters. The van der Waals surface area contributed by atoms with E-state index in [0.717, 1.165) is 24.3 Å². The Bertz CT molecular complexity index is 451. The molecule has 3 nitrogen and oxygen atoms in total. The minimum atomic E-state index is 0.212. The van der Waals surface area contributed by atoms with Crippen molar-refractivity contribution in [1.82, 2.24) is 0 Å². The third-order valence-electron chi connectivity index (χ3n) is 3.37. The molecule has 1 aliphatic carbocycles. The fourth-order valence-corrected chi connectivity index (χ4v) is 2.47. The Morgan fingerprint density at radius 3 is 3.00 bits per heavy atom. The Kier molecular flexibility index (Phi) is 2.77. The molecule has 0 unspecified atom stereocenters. The highest BCUT2D eigenvalue weighted by atomic mass is 16.7. The zero-order valence-electron chi connectivity index (χ0n) is 9.94. The van der Waals surface area contributed by atoms with Gasteiger partial charge in [0.25, 0.3) is 0 Å². The Balaban J connectivity index is 1.95. The van der Waals surface area contributed by atoms with Gasteiger partial charge in [-0.15, -0.1) is 0 Å². The SMILES string of the molecule is CO[C@H]1CCCC=C1c1ccc2c(c1)OCO2. The minimum absolute atomic E-state index is 0.212. The van der Waals surface area contributed by atoms with Crippen molar-refractivity contribution < 1.29 is 14.2 Å². The van der Waals surface area contributed by atoms with Crippen LogP contribution in [-0.2, 0) is 4.74 Å². The molecule has 0 bridgehead atoms. The molecule has 90 valence electrons. The van der Waals surface area contributed by atoms with Gasteiger partial charge in [-0.1, -0.05) is 12.1 Å². The van der Waals surface area contributed by atoms with Gasteiger partial charge in [0.2, 0.25) is 6.79 Å². The lowest BCUT2D eigenvalue weighted by Crippen LogP contribution is -2.15. The van der Waals surface area contributed by atoms with Crippen molar-refractivity contribution >= 4 is 5.57 Å². The molecule has 0 fully saturated rings. The van der Waals surface area contributed by atoms with Crippen LogP contribution >= 0.6 is 0 Å². The molecule has 0 saturated heterocycles. The lowest BCUT2D eigenvalue weighted by molar-refractivity contribution is 0.136. The zero-order valence-corrected chi connectivity index (χ0v) is 9.94. The second-order valence-electron chi connectivity index (χ2n) is 4.38. The second kappa shape index (κ2) is 4.41. The van der Waals surface area contributed by atoms with Crippen molar-refractivity contribution in [1.29, 1.82) is 0 Å². The van der Waals surface area contributed by atoms with Crippen LogP contribution in [0.5, 0.6) is 11.5 Å². The third-order valence-corrected chi connectivity index (χ3v) is 3.37. The summed E-state index contributed by atoms with van der Waals surface area (Å²) in [6.45, 7) is 0.325. The van der Waals surface area contributed by atoms with Crippen LogP contribution in [0.1, 0.15) is 24.8 Å². The van der Waals surface area contributed by atoms with Crippen LogP contribution in [0.2, 0.25) is 0 Å². The van der Waals surface area contributed by atoms with Crippen LogP contribution in [0.3, 0.4) is 0 Å². The molecule has 0 amide bonds. The quantitative estimate of drug-likeness (QED) is 0.784. The number of hydrogen-bond donors (Lipinski definition) is 0. The molecular formula is C14H16O3. The van der Waals surface area contributed by atoms with Gasteiger partial charge in [-0.05, 0) is 42.5 Å². The summed E-state index contributed by atoms with van der Waals surface area (Å²) in [7, 11) is 1.77. The summed E-state index contributed by atoms with van der Waals surface area (Å²) in [4.78, 5) is 0. The number of fused-ring (bicyclic) bond motifs is 1. The first-order chi connectivity index (χ1) is 8.38. The van der Waals surface area contributed by atoms with Gasteiger partial charge in [-0.25, -0.2) is 0 Å².